The molecule has 0 fully saturated rings. The molecule has 1 atom stereocenters. The minimum Gasteiger partial charge on any atom is -0.391 e. The van der Waals surface area contributed by atoms with E-state index in [2.05, 4.69) is 15.1 Å². The predicted octanol–water partition coefficient (Wildman–Crippen LogP) is 1.87. The number of aliphatic hydroxyl groups excluding tert-OH is 1. The average Bonchev–Trinajstić information content (AvgIpc) is 2.81. The van der Waals surface area contributed by atoms with E-state index in [1.54, 1.807) is 30.2 Å². The zero-order chi connectivity index (χ0) is 13.2. The minimum atomic E-state index is -0.440. The van der Waals surface area contributed by atoms with Gasteiger partial charge < -0.3 is 5.11 Å². The number of nitrogens with zero attached hydrogens (tertiary/aromatic N) is 4. The monoisotopic (exact) mass is 254 g/mol. The van der Waals surface area contributed by atoms with Crippen LogP contribution in [0, 0.1) is 0 Å². The molecule has 0 bridgehead atoms. The maximum atomic E-state index is 9.42. The van der Waals surface area contributed by atoms with Gasteiger partial charge in [0.2, 0.25) is 0 Å². The summed E-state index contributed by atoms with van der Waals surface area (Å²) < 4.78 is 1.72. The van der Waals surface area contributed by atoms with Crippen LogP contribution in [-0.4, -0.2) is 31.0 Å². The molecule has 5 heteroatoms. The van der Waals surface area contributed by atoms with Crippen LogP contribution in [0.1, 0.15) is 6.92 Å². The molecule has 3 heterocycles. The maximum Gasteiger partial charge on any atom is 0.157 e. The maximum absolute atomic E-state index is 9.42. The van der Waals surface area contributed by atoms with Gasteiger partial charge in [-0.15, -0.1) is 0 Å². The smallest absolute Gasteiger partial charge is 0.157 e. The zero-order valence-corrected chi connectivity index (χ0v) is 10.6. The lowest BCUT2D eigenvalue weighted by atomic mass is 10.1. The zero-order valence-electron chi connectivity index (χ0n) is 10.6. The van der Waals surface area contributed by atoms with Gasteiger partial charge in [0.1, 0.15) is 0 Å². The summed E-state index contributed by atoms with van der Waals surface area (Å²) in [5.74, 6) is 0. The Morgan fingerprint density at radius 1 is 1.21 bits per heavy atom. The van der Waals surface area contributed by atoms with E-state index < -0.39 is 6.10 Å². The lowest BCUT2D eigenvalue weighted by Gasteiger charge is -2.05. The van der Waals surface area contributed by atoms with Gasteiger partial charge in [-0.25, -0.2) is 9.67 Å². The van der Waals surface area contributed by atoms with Crippen LogP contribution in [-0.2, 0) is 6.54 Å². The lowest BCUT2D eigenvalue weighted by molar-refractivity contribution is 0.170. The van der Waals surface area contributed by atoms with E-state index in [0.717, 1.165) is 22.2 Å². The van der Waals surface area contributed by atoms with Gasteiger partial charge >= 0.3 is 0 Å². The van der Waals surface area contributed by atoms with E-state index in [-0.39, 0.29) is 0 Å². The van der Waals surface area contributed by atoms with E-state index in [1.807, 2.05) is 24.4 Å². The number of hydrogen-bond donors (Lipinski definition) is 1. The van der Waals surface area contributed by atoms with E-state index in [0.29, 0.717) is 6.54 Å². The third-order valence-corrected chi connectivity index (χ3v) is 2.93. The summed E-state index contributed by atoms with van der Waals surface area (Å²) in [6.07, 6.45) is 6.67. The van der Waals surface area contributed by atoms with Gasteiger partial charge in [-0.05, 0) is 30.7 Å². The van der Waals surface area contributed by atoms with Crippen molar-refractivity contribution in [3.8, 4) is 11.1 Å². The Bertz CT molecular complexity index is 691. The third-order valence-electron chi connectivity index (χ3n) is 2.93. The Kier molecular flexibility index (Phi) is 2.97. The Morgan fingerprint density at radius 2 is 2.00 bits per heavy atom. The van der Waals surface area contributed by atoms with Gasteiger partial charge in [-0.1, -0.05) is 0 Å². The molecule has 0 amide bonds. The van der Waals surface area contributed by atoms with Crippen molar-refractivity contribution in [1.29, 1.82) is 0 Å². The second-order valence-electron chi connectivity index (χ2n) is 4.55. The standard InChI is InChI=1S/C14H14N4O/c1-10(19)9-18-14-13(8-17-18)6-12(7-16-14)11-2-4-15-5-3-11/h2-8,10,19H,9H2,1H3. The van der Waals surface area contributed by atoms with Crippen LogP contribution in [0.5, 0.6) is 0 Å². The van der Waals surface area contributed by atoms with Crippen LogP contribution in [0.4, 0.5) is 0 Å². The van der Waals surface area contributed by atoms with Crippen molar-refractivity contribution in [2.75, 3.05) is 0 Å². The Balaban J connectivity index is 2.03. The first-order chi connectivity index (χ1) is 9.24. The quantitative estimate of drug-likeness (QED) is 0.775. The van der Waals surface area contributed by atoms with E-state index in [4.69, 9.17) is 0 Å². The molecule has 1 unspecified atom stereocenters. The molecule has 0 aliphatic carbocycles. The van der Waals surface area contributed by atoms with Gasteiger partial charge in [0, 0.05) is 29.5 Å². The molecule has 0 spiro atoms. The van der Waals surface area contributed by atoms with E-state index >= 15 is 0 Å². The number of aliphatic hydroxyl groups is 1. The predicted molar refractivity (Wildman–Crippen MR) is 72.4 cm³/mol. The highest BCUT2D eigenvalue weighted by atomic mass is 16.3. The fraction of sp³-hybridized carbons (Fsp3) is 0.214. The molecule has 0 saturated heterocycles. The molecular weight excluding hydrogens is 240 g/mol. The fourth-order valence-corrected chi connectivity index (χ4v) is 2.06. The molecule has 0 aliphatic heterocycles. The van der Waals surface area contributed by atoms with Crippen LogP contribution in [0.3, 0.4) is 0 Å². The molecule has 0 aromatic carbocycles. The van der Waals surface area contributed by atoms with Crippen molar-refractivity contribution in [3.05, 3.63) is 43.0 Å². The molecule has 0 saturated carbocycles. The van der Waals surface area contributed by atoms with Crippen molar-refractivity contribution >= 4 is 11.0 Å². The van der Waals surface area contributed by atoms with Gasteiger partial charge in [0.25, 0.3) is 0 Å². The summed E-state index contributed by atoms with van der Waals surface area (Å²) in [4.78, 5) is 8.44. The van der Waals surface area contributed by atoms with E-state index in [1.165, 1.54) is 0 Å². The van der Waals surface area contributed by atoms with Crippen molar-refractivity contribution in [2.24, 2.45) is 0 Å². The highest BCUT2D eigenvalue weighted by molar-refractivity contribution is 5.80. The number of pyridine rings is 2. The summed E-state index contributed by atoms with van der Waals surface area (Å²) in [6.45, 7) is 2.18. The summed E-state index contributed by atoms with van der Waals surface area (Å²) in [5, 5.41) is 14.6. The van der Waals surface area contributed by atoms with Gasteiger partial charge in [0.15, 0.2) is 5.65 Å². The molecule has 5 nitrogen and oxygen atoms in total. The van der Waals surface area contributed by atoms with Crippen molar-refractivity contribution in [2.45, 2.75) is 19.6 Å². The SMILES string of the molecule is CC(O)Cn1ncc2cc(-c3ccncc3)cnc21. The number of rotatable bonds is 3. The van der Waals surface area contributed by atoms with Gasteiger partial charge in [0.05, 0.1) is 18.8 Å². The Hall–Kier alpha value is -2.27. The molecule has 0 aliphatic rings. The van der Waals surface area contributed by atoms with Crippen LogP contribution in [0.25, 0.3) is 22.2 Å². The topological polar surface area (TPSA) is 63.8 Å². The molecule has 1 N–H and O–H groups in total. The fourth-order valence-electron chi connectivity index (χ4n) is 2.06. The van der Waals surface area contributed by atoms with E-state index in [9.17, 15) is 5.11 Å². The van der Waals surface area contributed by atoms with Crippen LogP contribution in [0.2, 0.25) is 0 Å². The van der Waals surface area contributed by atoms with Crippen molar-refractivity contribution < 1.29 is 5.11 Å². The second kappa shape index (κ2) is 4.78. The molecule has 3 aromatic heterocycles. The summed E-state index contributed by atoms with van der Waals surface area (Å²) >= 11 is 0. The number of hydrogen-bond acceptors (Lipinski definition) is 4. The van der Waals surface area contributed by atoms with Crippen molar-refractivity contribution in [1.82, 2.24) is 19.7 Å². The van der Waals surface area contributed by atoms with Gasteiger partial charge in [-0.2, -0.15) is 5.10 Å². The van der Waals surface area contributed by atoms with Crippen LogP contribution >= 0.6 is 0 Å². The Morgan fingerprint density at radius 3 is 2.74 bits per heavy atom. The second-order valence-corrected chi connectivity index (χ2v) is 4.55. The summed E-state index contributed by atoms with van der Waals surface area (Å²) in [6, 6.07) is 5.94. The highest BCUT2D eigenvalue weighted by Crippen LogP contribution is 2.21. The van der Waals surface area contributed by atoms with Crippen LogP contribution in [0.15, 0.2) is 43.0 Å². The van der Waals surface area contributed by atoms with Crippen molar-refractivity contribution in [3.63, 3.8) is 0 Å². The largest absolute Gasteiger partial charge is 0.391 e. The van der Waals surface area contributed by atoms with Crippen LogP contribution < -0.4 is 0 Å². The number of fused-ring (bicyclic) bond motifs is 1. The number of aromatic nitrogens is 4. The first-order valence-corrected chi connectivity index (χ1v) is 6.14. The first kappa shape index (κ1) is 11.8. The summed E-state index contributed by atoms with van der Waals surface area (Å²) in [7, 11) is 0. The molecular formula is C14H14N4O. The normalized spacial score (nSPS) is 12.7. The van der Waals surface area contributed by atoms with Gasteiger partial charge in [-0.3, -0.25) is 4.98 Å². The Labute approximate surface area is 110 Å². The molecule has 3 aromatic rings. The molecule has 19 heavy (non-hydrogen) atoms. The molecule has 0 radical (unpaired) electrons. The summed E-state index contributed by atoms with van der Waals surface area (Å²) in [5.41, 5.74) is 2.90. The highest BCUT2D eigenvalue weighted by Gasteiger charge is 2.08. The lowest BCUT2D eigenvalue weighted by Crippen LogP contribution is -2.13. The first-order valence-electron chi connectivity index (χ1n) is 6.14. The third kappa shape index (κ3) is 2.32. The molecule has 96 valence electrons. The average molecular weight is 254 g/mol. The molecule has 3 rings (SSSR count). The minimum absolute atomic E-state index is 0.440.